The highest BCUT2D eigenvalue weighted by Gasteiger charge is 2.24. The molecular formula is C22H28N4O5. The predicted octanol–water partition coefficient (Wildman–Crippen LogP) is 2.49. The van der Waals surface area contributed by atoms with Crippen LogP contribution in [0.1, 0.15) is 10.4 Å². The van der Waals surface area contributed by atoms with E-state index in [0.29, 0.717) is 44.1 Å². The molecule has 1 amide bonds. The van der Waals surface area contributed by atoms with E-state index in [-0.39, 0.29) is 11.6 Å². The van der Waals surface area contributed by atoms with Crippen LogP contribution >= 0.6 is 0 Å². The van der Waals surface area contributed by atoms with Crippen LogP contribution in [-0.4, -0.2) is 80.2 Å². The Morgan fingerprint density at radius 1 is 1.10 bits per heavy atom. The molecule has 0 radical (unpaired) electrons. The molecule has 0 spiro atoms. The van der Waals surface area contributed by atoms with Crippen molar-refractivity contribution in [2.24, 2.45) is 0 Å². The molecule has 1 saturated heterocycles. The molecule has 0 unspecified atom stereocenters. The summed E-state index contributed by atoms with van der Waals surface area (Å²) in [5.74, 6) is 0.657. The summed E-state index contributed by atoms with van der Waals surface area (Å²) in [5.41, 5.74) is 0.588. The number of hydrogen-bond donors (Lipinski definition) is 1. The van der Waals surface area contributed by atoms with Crippen LogP contribution < -0.4 is 10.1 Å². The molecule has 0 saturated carbocycles. The molecule has 0 atom stereocenters. The highest BCUT2D eigenvalue weighted by Crippen LogP contribution is 2.26. The molecule has 1 aliphatic rings. The van der Waals surface area contributed by atoms with Crippen LogP contribution in [0.3, 0.4) is 0 Å². The van der Waals surface area contributed by atoms with E-state index in [1.807, 2.05) is 30.3 Å². The number of carbonyl (C=O) groups is 1. The summed E-state index contributed by atoms with van der Waals surface area (Å²) in [6, 6.07) is 14.2. The molecule has 2 aromatic rings. The van der Waals surface area contributed by atoms with E-state index in [2.05, 4.69) is 10.2 Å². The lowest BCUT2D eigenvalue weighted by Gasteiger charge is -2.34. The van der Waals surface area contributed by atoms with Crippen LogP contribution in [-0.2, 0) is 4.74 Å². The Morgan fingerprint density at radius 2 is 1.84 bits per heavy atom. The predicted molar refractivity (Wildman–Crippen MR) is 118 cm³/mol. The minimum Gasteiger partial charge on any atom is -0.492 e. The number of methoxy groups -OCH3 is 1. The van der Waals surface area contributed by atoms with Crippen molar-refractivity contribution in [3.63, 3.8) is 0 Å². The fourth-order valence-electron chi connectivity index (χ4n) is 3.42. The van der Waals surface area contributed by atoms with Gasteiger partial charge in [-0.1, -0.05) is 18.2 Å². The van der Waals surface area contributed by atoms with Gasteiger partial charge in [0.1, 0.15) is 18.0 Å². The molecule has 3 rings (SSSR count). The lowest BCUT2D eigenvalue weighted by molar-refractivity contribution is -0.384. The standard InChI is InChI=1S/C22H28N4O5/c1-30-15-9-23-20-8-7-18(17-21(20)26(28)29)22(27)25-12-10-24(11-13-25)14-16-31-19-5-3-2-4-6-19/h2-8,17,23H,9-16H2,1H3. The maximum atomic E-state index is 12.9. The summed E-state index contributed by atoms with van der Waals surface area (Å²) in [6.07, 6.45) is 0. The quantitative estimate of drug-likeness (QED) is 0.353. The number of para-hydroxylation sites is 1. The molecule has 0 aromatic heterocycles. The largest absolute Gasteiger partial charge is 0.492 e. The van der Waals surface area contributed by atoms with Gasteiger partial charge in [0.15, 0.2) is 0 Å². The minimum absolute atomic E-state index is 0.112. The Morgan fingerprint density at radius 3 is 2.52 bits per heavy atom. The fraction of sp³-hybridized carbons (Fsp3) is 0.409. The summed E-state index contributed by atoms with van der Waals surface area (Å²) < 4.78 is 10.7. The van der Waals surface area contributed by atoms with Gasteiger partial charge in [-0.25, -0.2) is 0 Å². The van der Waals surface area contributed by atoms with Gasteiger partial charge in [-0.2, -0.15) is 0 Å². The van der Waals surface area contributed by atoms with Gasteiger partial charge in [0.2, 0.25) is 0 Å². The third-order valence-electron chi connectivity index (χ3n) is 5.14. The van der Waals surface area contributed by atoms with Crippen LogP contribution in [0, 0.1) is 10.1 Å². The van der Waals surface area contributed by atoms with Crippen molar-refractivity contribution in [1.82, 2.24) is 9.80 Å². The highest BCUT2D eigenvalue weighted by molar-refractivity contribution is 5.95. The fourth-order valence-corrected chi connectivity index (χ4v) is 3.42. The molecule has 166 valence electrons. The zero-order valence-electron chi connectivity index (χ0n) is 17.7. The SMILES string of the molecule is COCCNc1ccc(C(=O)N2CCN(CCOc3ccccc3)CC2)cc1[N+](=O)[O-]. The number of hydrogen-bond acceptors (Lipinski definition) is 7. The van der Waals surface area contributed by atoms with Crippen LogP contribution in [0.4, 0.5) is 11.4 Å². The second-order valence-electron chi connectivity index (χ2n) is 7.20. The average Bonchev–Trinajstić information content (AvgIpc) is 2.80. The topological polar surface area (TPSA) is 97.2 Å². The monoisotopic (exact) mass is 428 g/mol. The van der Waals surface area contributed by atoms with E-state index in [1.165, 1.54) is 6.07 Å². The third kappa shape index (κ3) is 6.40. The molecule has 9 nitrogen and oxygen atoms in total. The average molecular weight is 428 g/mol. The summed E-state index contributed by atoms with van der Waals surface area (Å²) in [4.78, 5) is 27.8. The Labute approximate surface area is 181 Å². The summed E-state index contributed by atoms with van der Waals surface area (Å²) in [6.45, 7) is 4.87. The molecule has 2 aromatic carbocycles. The first-order valence-corrected chi connectivity index (χ1v) is 10.3. The maximum absolute atomic E-state index is 12.9. The number of piperazine rings is 1. The number of anilines is 1. The van der Waals surface area contributed by atoms with E-state index in [0.717, 1.165) is 25.4 Å². The number of carbonyl (C=O) groups excluding carboxylic acids is 1. The molecule has 1 aliphatic heterocycles. The zero-order valence-corrected chi connectivity index (χ0v) is 17.7. The van der Waals surface area contributed by atoms with Crippen LogP contribution in [0.5, 0.6) is 5.75 Å². The molecule has 1 fully saturated rings. The van der Waals surface area contributed by atoms with Gasteiger partial charge in [0, 0.05) is 58.0 Å². The van der Waals surface area contributed by atoms with Crippen molar-refractivity contribution < 1.29 is 19.2 Å². The lowest BCUT2D eigenvalue weighted by atomic mass is 10.1. The van der Waals surface area contributed by atoms with E-state index in [1.54, 1.807) is 24.1 Å². The molecule has 9 heteroatoms. The number of nitrogens with one attached hydrogen (secondary N) is 1. The van der Waals surface area contributed by atoms with E-state index < -0.39 is 4.92 Å². The van der Waals surface area contributed by atoms with Gasteiger partial charge in [-0.05, 0) is 24.3 Å². The first-order valence-electron chi connectivity index (χ1n) is 10.3. The molecule has 0 aliphatic carbocycles. The van der Waals surface area contributed by atoms with E-state index in [9.17, 15) is 14.9 Å². The molecule has 1 heterocycles. The van der Waals surface area contributed by atoms with Crippen LogP contribution in [0.2, 0.25) is 0 Å². The summed E-state index contributed by atoms with van der Waals surface area (Å²) >= 11 is 0. The highest BCUT2D eigenvalue weighted by atomic mass is 16.6. The van der Waals surface area contributed by atoms with Gasteiger partial charge in [-0.15, -0.1) is 0 Å². The van der Waals surface area contributed by atoms with Crippen LogP contribution in [0.25, 0.3) is 0 Å². The first kappa shape index (κ1) is 22.5. The summed E-state index contributed by atoms with van der Waals surface area (Å²) in [5, 5.41) is 14.4. The third-order valence-corrected chi connectivity index (χ3v) is 5.14. The van der Waals surface area contributed by atoms with Crippen LogP contribution in [0.15, 0.2) is 48.5 Å². The normalized spacial score (nSPS) is 14.3. The van der Waals surface area contributed by atoms with Gasteiger partial charge in [0.05, 0.1) is 11.5 Å². The second-order valence-corrected chi connectivity index (χ2v) is 7.20. The number of ether oxygens (including phenoxy) is 2. The molecule has 31 heavy (non-hydrogen) atoms. The number of nitrogens with zero attached hydrogens (tertiary/aromatic N) is 3. The van der Waals surface area contributed by atoms with Gasteiger partial charge < -0.3 is 19.7 Å². The zero-order chi connectivity index (χ0) is 22.1. The van der Waals surface area contributed by atoms with Crippen molar-refractivity contribution in [2.45, 2.75) is 0 Å². The number of nitro benzene ring substituents is 1. The minimum atomic E-state index is -0.476. The van der Waals surface area contributed by atoms with Crippen molar-refractivity contribution in [2.75, 3.05) is 64.9 Å². The maximum Gasteiger partial charge on any atom is 0.293 e. The molecule has 0 bridgehead atoms. The lowest BCUT2D eigenvalue weighted by Crippen LogP contribution is -2.49. The Balaban J connectivity index is 1.51. The van der Waals surface area contributed by atoms with Crippen molar-refractivity contribution >= 4 is 17.3 Å². The van der Waals surface area contributed by atoms with Crippen molar-refractivity contribution in [3.05, 3.63) is 64.2 Å². The molecular weight excluding hydrogens is 400 g/mol. The van der Waals surface area contributed by atoms with Crippen molar-refractivity contribution in [1.29, 1.82) is 0 Å². The van der Waals surface area contributed by atoms with E-state index in [4.69, 9.17) is 9.47 Å². The Kier molecular flexibility index (Phi) is 8.19. The molecule has 1 N–H and O–H groups in total. The first-order chi connectivity index (χ1) is 15.1. The summed E-state index contributed by atoms with van der Waals surface area (Å²) in [7, 11) is 1.56. The number of rotatable bonds is 10. The number of nitro groups is 1. The van der Waals surface area contributed by atoms with Gasteiger partial charge in [-0.3, -0.25) is 19.8 Å². The second kappa shape index (κ2) is 11.3. The number of benzene rings is 2. The van der Waals surface area contributed by atoms with Gasteiger partial charge >= 0.3 is 0 Å². The van der Waals surface area contributed by atoms with Crippen molar-refractivity contribution in [3.8, 4) is 5.75 Å². The number of amides is 1. The Bertz CT molecular complexity index is 869. The smallest absolute Gasteiger partial charge is 0.293 e. The van der Waals surface area contributed by atoms with E-state index >= 15 is 0 Å². The van der Waals surface area contributed by atoms with Gasteiger partial charge in [0.25, 0.3) is 11.6 Å². The Hall–Kier alpha value is -3.17.